The largest absolute Gasteiger partial charge is 0.376 e. The van der Waals surface area contributed by atoms with Crippen LogP contribution in [0.15, 0.2) is 16.9 Å². The van der Waals surface area contributed by atoms with E-state index >= 15 is 0 Å². The zero-order chi connectivity index (χ0) is 12.0. The fraction of sp³-hybridized carbons (Fsp3) is 0.250. The minimum atomic E-state index is -1.01. The first-order chi connectivity index (χ1) is 8.16. The summed E-state index contributed by atoms with van der Waals surface area (Å²) in [5.41, 5.74) is 1.30. The summed E-state index contributed by atoms with van der Waals surface area (Å²) in [5.74, 6) is -1.97. The molecule has 1 aliphatic heterocycles. The molecular formula is C12H9F2NO2. The van der Waals surface area contributed by atoms with Gasteiger partial charge in [-0.1, -0.05) is 0 Å². The Hall–Kier alpha value is -1.75. The number of halogens is 2. The highest BCUT2D eigenvalue weighted by atomic mass is 19.2. The molecule has 1 aromatic heterocycles. The Labute approximate surface area is 95.0 Å². The van der Waals surface area contributed by atoms with Crippen molar-refractivity contribution in [3.63, 3.8) is 0 Å². The van der Waals surface area contributed by atoms with E-state index in [0.717, 1.165) is 17.8 Å². The molecule has 1 aliphatic rings. The van der Waals surface area contributed by atoms with Gasteiger partial charge >= 0.3 is 0 Å². The van der Waals surface area contributed by atoms with Gasteiger partial charge in [0.1, 0.15) is 0 Å². The van der Waals surface area contributed by atoms with E-state index in [1.807, 2.05) is 0 Å². The zero-order valence-corrected chi connectivity index (χ0v) is 8.85. The molecule has 88 valence electrons. The van der Waals surface area contributed by atoms with E-state index < -0.39 is 11.6 Å². The van der Waals surface area contributed by atoms with Gasteiger partial charge in [-0.05, 0) is 6.07 Å². The van der Waals surface area contributed by atoms with Crippen LogP contribution < -0.4 is 5.43 Å². The molecule has 0 bridgehead atoms. The molecule has 0 radical (unpaired) electrons. The van der Waals surface area contributed by atoms with E-state index in [0.29, 0.717) is 24.1 Å². The van der Waals surface area contributed by atoms with Crippen LogP contribution in [-0.2, 0) is 17.8 Å². The second-order valence-electron chi connectivity index (χ2n) is 4.03. The molecule has 0 spiro atoms. The number of hydrogen-bond donors (Lipinski definition) is 1. The van der Waals surface area contributed by atoms with Crippen molar-refractivity contribution < 1.29 is 13.5 Å². The van der Waals surface area contributed by atoms with Gasteiger partial charge in [0.25, 0.3) is 0 Å². The quantitative estimate of drug-likeness (QED) is 0.760. The first-order valence-corrected chi connectivity index (χ1v) is 5.27. The molecular weight excluding hydrogens is 228 g/mol. The maximum Gasteiger partial charge on any atom is 0.195 e. The lowest BCUT2D eigenvalue weighted by atomic mass is 10.1. The summed E-state index contributed by atoms with van der Waals surface area (Å²) in [6, 6.07) is 1.94. The van der Waals surface area contributed by atoms with Crippen molar-refractivity contribution in [1.29, 1.82) is 0 Å². The molecule has 0 aliphatic carbocycles. The molecule has 3 rings (SSSR count). The van der Waals surface area contributed by atoms with Crippen LogP contribution in [0.2, 0.25) is 0 Å². The van der Waals surface area contributed by atoms with Crippen LogP contribution in [0.5, 0.6) is 0 Å². The lowest BCUT2D eigenvalue weighted by Gasteiger charge is -2.16. The molecule has 17 heavy (non-hydrogen) atoms. The number of aromatic amines is 1. The smallest absolute Gasteiger partial charge is 0.195 e. The Morgan fingerprint density at radius 2 is 2.00 bits per heavy atom. The van der Waals surface area contributed by atoms with Crippen molar-refractivity contribution in [3.8, 4) is 0 Å². The Balaban J connectivity index is 2.40. The third-order valence-corrected chi connectivity index (χ3v) is 2.97. The van der Waals surface area contributed by atoms with Gasteiger partial charge in [0, 0.05) is 29.1 Å². The standard InChI is InChI=1S/C12H9F2NO2/c13-8-3-6-11(4-9(8)14)15-10-1-2-17-5-7(10)12(6)16/h3-4H,1-2,5H2,(H,15,16). The molecule has 3 nitrogen and oxygen atoms in total. The summed E-state index contributed by atoms with van der Waals surface area (Å²) in [4.78, 5) is 15.0. The molecule has 5 heteroatoms. The molecule has 2 heterocycles. The molecule has 0 fully saturated rings. The predicted octanol–water partition coefficient (Wildman–Crippen LogP) is 1.88. The highest BCUT2D eigenvalue weighted by Crippen LogP contribution is 2.18. The normalized spacial score (nSPS) is 14.9. The van der Waals surface area contributed by atoms with Gasteiger partial charge in [0.15, 0.2) is 17.1 Å². The second-order valence-corrected chi connectivity index (χ2v) is 4.03. The van der Waals surface area contributed by atoms with E-state index in [9.17, 15) is 13.6 Å². The van der Waals surface area contributed by atoms with Crippen molar-refractivity contribution in [3.05, 3.63) is 45.2 Å². The minimum absolute atomic E-state index is 0.160. The zero-order valence-electron chi connectivity index (χ0n) is 8.85. The number of fused-ring (bicyclic) bond motifs is 2. The van der Waals surface area contributed by atoms with Gasteiger partial charge in [-0.25, -0.2) is 8.78 Å². The summed E-state index contributed by atoms with van der Waals surface area (Å²) in [7, 11) is 0. The fourth-order valence-electron chi connectivity index (χ4n) is 2.09. The third kappa shape index (κ3) is 1.54. The number of ether oxygens (including phenoxy) is 1. The lowest BCUT2D eigenvalue weighted by molar-refractivity contribution is 0.109. The van der Waals surface area contributed by atoms with E-state index in [4.69, 9.17) is 4.74 Å². The monoisotopic (exact) mass is 237 g/mol. The first kappa shape index (κ1) is 10.4. The molecule has 1 N–H and O–H groups in total. The first-order valence-electron chi connectivity index (χ1n) is 5.27. The van der Waals surface area contributed by atoms with Crippen LogP contribution >= 0.6 is 0 Å². The maximum absolute atomic E-state index is 13.1. The lowest BCUT2D eigenvalue weighted by Crippen LogP contribution is -2.21. The molecule has 1 aromatic carbocycles. The van der Waals surface area contributed by atoms with E-state index in [1.54, 1.807) is 0 Å². The summed E-state index contributed by atoms with van der Waals surface area (Å²) in [6.45, 7) is 0.748. The number of pyridine rings is 1. The van der Waals surface area contributed by atoms with Crippen LogP contribution in [0.25, 0.3) is 10.9 Å². The molecule has 2 aromatic rings. The molecule has 0 amide bonds. The number of benzene rings is 1. The third-order valence-electron chi connectivity index (χ3n) is 2.97. The van der Waals surface area contributed by atoms with Gasteiger partial charge in [-0.2, -0.15) is 0 Å². The Morgan fingerprint density at radius 1 is 1.24 bits per heavy atom. The molecule has 0 saturated carbocycles. The Bertz CT molecular complexity index is 664. The van der Waals surface area contributed by atoms with Gasteiger partial charge in [0.2, 0.25) is 0 Å². The van der Waals surface area contributed by atoms with Crippen molar-refractivity contribution in [2.75, 3.05) is 6.61 Å². The van der Waals surface area contributed by atoms with Gasteiger partial charge in [0.05, 0.1) is 18.7 Å². The Kier molecular flexibility index (Phi) is 2.22. The topological polar surface area (TPSA) is 42.1 Å². The predicted molar refractivity (Wildman–Crippen MR) is 57.8 cm³/mol. The summed E-state index contributed by atoms with van der Waals surface area (Å²) >= 11 is 0. The van der Waals surface area contributed by atoms with Crippen molar-refractivity contribution in [2.45, 2.75) is 13.0 Å². The van der Waals surface area contributed by atoms with E-state index in [-0.39, 0.29) is 17.4 Å². The number of rotatable bonds is 0. The molecule has 0 saturated heterocycles. The second kappa shape index (κ2) is 3.63. The van der Waals surface area contributed by atoms with Gasteiger partial charge < -0.3 is 9.72 Å². The van der Waals surface area contributed by atoms with Crippen LogP contribution in [0, 0.1) is 11.6 Å². The number of nitrogens with one attached hydrogen (secondary N) is 1. The summed E-state index contributed by atoms with van der Waals surface area (Å²) in [6.07, 6.45) is 0.583. The van der Waals surface area contributed by atoms with Crippen molar-refractivity contribution >= 4 is 10.9 Å². The summed E-state index contributed by atoms with van der Waals surface area (Å²) in [5, 5.41) is 0.160. The Morgan fingerprint density at radius 3 is 2.82 bits per heavy atom. The highest BCUT2D eigenvalue weighted by Gasteiger charge is 2.17. The number of aromatic nitrogens is 1. The SMILES string of the molecule is O=c1c2c([nH]c3cc(F)c(F)cc13)CCOC2. The molecule has 0 unspecified atom stereocenters. The van der Waals surface area contributed by atoms with Crippen LogP contribution in [-0.4, -0.2) is 11.6 Å². The van der Waals surface area contributed by atoms with Crippen LogP contribution in [0.3, 0.4) is 0 Å². The van der Waals surface area contributed by atoms with Gasteiger partial charge in [-0.3, -0.25) is 4.79 Å². The van der Waals surface area contributed by atoms with Crippen molar-refractivity contribution in [2.24, 2.45) is 0 Å². The highest BCUT2D eigenvalue weighted by molar-refractivity contribution is 5.79. The minimum Gasteiger partial charge on any atom is -0.376 e. The number of hydrogen-bond acceptors (Lipinski definition) is 2. The van der Waals surface area contributed by atoms with Crippen molar-refractivity contribution in [1.82, 2.24) is 4.98 Å². The average Bonchev–Trinajstić information content (AvgIpc) is 2.32. The molecule has 0 atom stereocenters. The fourth-order valence-corrected chi connectivity index (χ4v) is 2.09. The van der Waals surface area contributed by atoms with Crippen LogP contribution in [0.4, 0.5) is 8.78 Å². The van der Waals surface area contributed by atoms with E-state index in [2.05, 4.69) is 4.98 Å². The number of H-pyrrole nitrogens is 1. The van der Waals surface area contributed by atoms with E-state index in [1.165, 1.54) is 0 Å². The van der Waals surface area contributed by atoms with Crippen LogP contribution in [0.1, 0.15) is 11.3 Å². The summed E-state index contributed by atoms with van der Waals surface area (Å²) < 4.78 is 31.4. The average molecular weight is 237 g/mol. The maximum atomic E-state index is 13.1. The van der Waals surface area contributed by atoms with Gasteiger partial charge in [-0.15, -0.1) is 0 Å².